The van der Waals surface area contributed by atoms with E-state index in [4.69, 9.17) is 4.63 Å². The van der Waals surface area contributed by atoms with Crippen LogP contribution in [0.3, 0.4) is 0 Å². The highest BCUT2D eigenvalue weighted by Crippen LogP contribution is 2.45. The summed E-state index contributed by atoms with van der Waals surface area (Å²) in [7, 11) is 0. The van der Waals surface area contributed by atoms with Gasteiger partial charge in [0.05, 0.1) is 17.6 Å². The fourth-order valence-corrected chi connectivity index (χ4v) is 4.66. The van der Waals surface area contributed by atoms with Crippen LogP contribution in [0.4, 0.5) is 5.82 Å². The van der Waals surface area contributed by atoms with Gasteiger partial charge in [0.1, 0.15) is 11.0 Å². The molecule has 8 nitrogen and oxygen atoms in total. The molecule has 2 aliphatic rings. The number of piperidine rings is 1. The van der Waals surface area contributed by atoms with Crippen molar-refractivity contribution in [2.45, 2.75) is 38.6 Å². The van der Waals surface area contributed by atoms with Gasteiger partial charge in [-0.1, -0.05) is 12.1 Å². The summed E-state index contributed by atoms with van der Waals surface area (Å²) in [4.78, 5) is 2.49. The Balaban J connectivity index is 1.60. The summed E-state index contributed by atoms with van der Waals surface area (Å²) in [6.45, 7) is 6.54. The van der Waals surface area contributed by atoms with Gasteiger partial charge in [-0.25, -0.2) is 4.63 Å². The van der Waals surface area contributed by atoms with Gasteiger partial charge < -0.3 is 10.2 Å². The molecule has 4 heterocycles. The number of hydrogen-bond donors (Lipinski definition) is 2. The molecule has 148 valence electrons. The highest BCUT2D eigenvalue weighted by atomic mass is 16.6. The molecule has 8 heteroatoms. The predicted octanol–water partition coefficient (Wildman–Crippen LogP) is 3.40. The van der Waals surface area contributed by atoms with Gasteiger partial charge in [-0.2, -0.15) is 10.4 Å². The molecule has 1 saturated heterocycles. The molecule has 1 atom stereocenters. The van der Waals surface area contributed by atoms with Gasteiger partial charge in [0.2, 0.25) is 0 Å². The van der Waals surface area contributed by atoms with Crippen molar-refractivity contribution in [3.63, 3.8) is 0 Å². The molecule has 0 saturated carbocycles. The number of rotatable bonds is 3. The molecule has 1 fully saturated rings. The van der Waals surface area contributed by atoms with E-state index in [2.05, 4.69) is 50.6 Å². The number of fused-ring (bicyclic) bond motifs is 2. The van der Waals surface area contributed by atoms with Crippen molar-refractivity contribution >= 4 is 16.9 Å². The number of nitriles is 1. The average molecular weight is 389 g/mol. The zero-order valence-corrected chi connectivity index (χ0v) is 16.5. The lowest BCUT2D eigenvalue weighted by molar-refractivity contribution is 0.161. The number of allylic oxidation sites excluding steroid dienone is 2. The third kappa shape index (κ3) is 2.89. The molecule has 3 aromatic rings. The van der Waals surface area contributed by atoms with E-state index in [9.17, 15) is 5.26 Å². The molecule has 0 spiro atoms. The van der Waals surface area contributed by atoms with Crippen LogP contribution in [0.15, 0.2) is 40.3 Å². The largest absolute Gasteiger partial charge is 0.341 e. The van der Waals surface area contributed by atoms with Crippen molar-refractivity contribution < 1.29 is 4.63 Å². The molecular formula is C21H23N7O. The van der Waals surface area contributed by atoms with Gasteiger partial charge in [-0.15, -0.1) is 0 Å². The molecule has 0 amide bonds. The molecular weight excluding hydrogens is 366 g/mol. The molecule has 0 bridgehead atoms. The number of aromatic nitrogens is 4. The average Bonchev–Trinajstić information content (AvgIpc) is 3.41. The monoisotopic (exact) mass is 389 g/mol. The summed E-state index contributed by atoms with van der Waals surface area (Å²) in [6, 6.07) is 8.84. The highest BCUT2D eigenvalue weighted by Gasteiger charge is 2.36. The second kappa shape index (κ2) is 7.01. The van der Waals surface area contributed by atoms with Gasteiger partial charge in [-0.3, -0.25) is 5.10 Å². The Bertz CT molecular complexity index is 1110. The Morgan fingerprint density at radius 1 is 1.21 bits per heavy atom. The van der Waals surface area contributed by atoms with Gasteiger partial charge in [0.25, 0.3) is 0 Å². The second-order valence-electron chi connectivity index (χ2n) is 8.07. The number of nitrogens with one attached hydrogen (secondary N) is 2. The molecule has 1 unspecified atom stereocenters. The minimum absolute atomic E-state index is 0.247. The maximum absolute atomic E-state index is 10.2. The van der Waals surface area contributed by atoms with Gasteiger partial charge in [0, 0.05) is 29.4 Å². The van der Waals surface area contributed by atoms with Crippen LogP contribution in [0.25, 0.3) is 11.0 Å². The van der Waals surface area contributed by atoms with Crippen molar-refractivity contribution in [3.05, 3.63) is 46.8 Å². The minimum Gasteiger partial charge on any atom is -0.341 e. The number of anilines is 1. The second-order valence-corrected chi connectivity index (χ2v) is 8.07. The molecule has 2 N–H and O–H groups in total. The van der Waals surface area contributed by atoms with Gasteiger partial charge >= 0.3 is 0 Å². The van der Waals surface area contributed by atoms with Crippen LogP contribution < -0.4 is 5.32 Å². The maximum Gasteiger partial charge on any atom is 0.156 e. The molecule has 5 rings (SSSR count). The van der Waals surface area contributed by atoms with Crippen molar-refractivity contribution in [3.8, 4) is 6.07 Å². The highest BCUT2D eigenvalue weighted by molar-refractivity contribution is 5.80. The molecule has 0 radical (unpaired) electrons. The predicted molar refractivity (Wildman–Crippen MR) is 108 cm³/mol. The number of benzene rings is 1. The third-order valence-electron chi connectivity index (χ3n) is 6.23. The molecule has 2 aliphatic heterocycles. The lowest BCUT2D eigenvalue weighted by Crippen LogP contribution is -2.40. The zero-order chi connectivity index (χ0) is 20.0. The molecule has 1 aromatic carbocycles. The Morgan fingerprint density at radius 3 is 2.79 bits per heavy atom. The van der Waals surface area contributed by atoms with Crippen LogP contribution in [0, 0.1) is 17.2 Å². The van der Waals surface area contributed by atoms with E-state index in [-0.39, 0.29) is 5.92 Å². The summed E-state index contributed by atoms with van der Waals surface area (Å²) in [5.41, 5.74) is 4.97. The van der Waals surface area contributed by atoms with E-state index in [0.717, 1.165) is 54.1 Å². The summed E-state index contributed by atoms with van der Waals surface area (Å²) in [6.07, 6.45) is 3.90. The third-order valence-corrected chi connectivity index (χ3v) is 6.23. The van der Waals surface area contributed by atoms with E-state index in [1.54, 1.807) is 0 Å². The lowest BCUT2D eigenvalue weighted by atomic mass is 9.78. The lowest BCUT2D eigenvalue weighted by Gasteiger charge is -2.37. The molecule has 0 aliphatic carbocycles. The van der Waals surface area contributed by atoms with Crippen LogP contribution in [0.2, 0.25) is 0 Å². The molecule has 29 heavy (non-hydrogen) atoms. The first-order valence-electron chi connectivity index (χ1n) is 10.1. The minimum atomic E-state index is -0.247. The molecule has 2 aromatic heterocycles. The Kier molecular flexibility index (Phi) is 4.32. The van der Waals surface area contributed by atoms with Crippen molar-refractivity contribution in [2.24, 2.45) is 5.92 Å². The van der Waals surface area contributed by atoms with Crippen LogP contribution in [-0.4, -0.2) is 44.5 Å². The Labute approximate surface area is 168 Å². The Hall–Kier alpha value is -3.18. The van der Waals surface area contributed by atoms with E-state index < -0.39 is 0 Å². The van der Waals surface area contributed by atoms with Gasteiger partial charge in [0.15, 0.2) is 5.82 Å². The first-order chi connectivity index (χ1) is 14.2. The summed E-state index contributed by atoms with van der Waals surface area (Å²) < 4.78 is 4.97. The summed E-state index contributed by atoms with van der Waals surface area (Å²) in [5, 5.41) is 29.1. The maximum atomic E-state index is 10.2. The van der Waals surface area contributed by atoms with Crippen molar-refractivity contribution in [2.75, 3.05) is 18.4 Å². The number of aromatic amines is 1. The number of nitrogens with zero attached hydrogens (tertiary/aromatic N) is 5. The summed E-state index contributed by atoms with van der Waals surface area (Å²) >= 11 is 0. The fourth-order valence-electron chi connectivity index (χ4n) is 4.66. The first kappa shape index (κ1) is 17.9. The van der Waals surface area contributed by atoms with E-state index >= 15 is 0 Å². The number of likely N-dealkylation sites (tertiary alicyclic amines) is 1. The van der Waals surface area contributed by atoms with E-state index in [1.807, 2.05) is 24.4 Å². The quantitative estimate of drug-likeness (QED) is 0.707. The van der Waals surface area contributed by atoms with Crippen LogP contribution in [0.1, 0.15) is 43.7 Å². The Morgan fingerprint density at radius 2 is 2.03 bits per heavy atom. The summed E-state index contributed by atoms with van der Waals surface area (Å²) in [5.74, 6) is 0.842. The van der Waals surface area contributed by atoms with Gasteiger partial charge in [-0.05, 0) is 61.7 Å². The van der Waals surface area contributed by atoms with Crippen LogP contribution in [0.5, 0.6) is 0 Å². The normalized spacial score (nSPS) is 20.7. The van der Waals surface area contributed by atoms with E-state index in [0.29, 0.717) is 23.0 Å². The number of H-pyrrole nitrogens is 1. The fraction of sp³-hybridized carbons (Fsp3) is 0.429. The van der Waals surface area contributed by atoms with Crippen molar-refractivity contribution in [1.29, 1.82) is 5.26 Å². The first-order valence-corrected chi connectivity index (χ1v) is 10.1. The van der Waals surface area contributed by atoms with Crippen LogP contribution >= 0.6 is 0 Å². The van der Waals surface area contributed by atoms with Crippen LogP contribution in [-0.2, 0) is 0 Å². The van der Waals surface area contributed by atoms with Crippen molar-refractivity contribution in [1.82, 2.24) is 25.4 Å². The van der Waals surface area contributed by atoms with E-state index in [1.165, 1.54) is 0 Å². The number of hydrogen-bond acceptors (Lipinski definition) is 7. The smallest absolute Gasteiger partial charge is 0.156 e. The zero-order valence-electron chi connectivity index (χ0n) is 16.5. The topological polar surface area (TPSA) is 107 Å². The SMILES string of the molecule is CC(C)N1CCC(C2=C(C#N)C(c3cccc4nonc34)c3c[nH]nc3N2)CC1. The standard InChI is InChI=1S/C21H23N7O/c1-12(2)28-8-6-13(7-9-28)19-15(10-22)18(16-11-23-25-21(16)24-19)14-4-3-5-17-20(14)27-29-26-17/h3-5,11-13,18H,6-9H2,1-2H3,(H2,23,24,25).